The van der Waals surface area contributed by atoms with Crippen molar-refractivity contribution in [3.8, 4) is 0 Å². The van der Waals surface area contributed by atoms with Gasteiger partial charge in [-0.05, 0) is 43.7 Å². The van der Waals surface area contributed by atoms with E-state index in [2.05, 4.69) is 22.2 Å². The molecule has 27 heavy (non-hydrogen) atoms. The van der Waals surface area contributed by atoms with Crippen LogP contribution in [0.1, 0.15) is 40.2 Å². The zero-order valence-electron chi connectivity index (χ0n) is 15.1. The summed E-state index contributed by atoms with van der Waals surface area (Å²) in [6, 6.07) is 8.11. The van der Waals surface area contributed by atoms with Crippen LogP contribution in [0, 0.1) is 6.92 Å². The van der Waals surface area contributed by atoms with E-state index in [1.54, 1.807) is 28.4 Å². The fraction of sp³-hybridized carbons (Fsp3) is 0.300. The van der Waals surface area contributed by atoms with Crippen molar-refractivity contribution in [1.29, 1.82) is 0 Å². The molecule has 0 spiro atoms. The maximum Gasteiger partial charge on any atom is 0.192 e. The summed E-state index contributed by atoms with van der Waals surface area (Å²) < 4.78 is 1.76. The predicted molar refractivity (Wildman–Crippen MR) is 106 cm³/mol. The molecule has 1 aliphatic rings. The first-order chi connectivity index (χ1) is 13.3. The normalized spacial score (nSPS) is 14.3. The average molecular weight is 377 g/mol. The van der Waals surface area contributed by atoms with E-state index in [1.165, 1.54) is 34.2 Å². The lowest BCUT2D eigenvalue weighted by atomic mass is 9.97. The van der Waals surface area contributed by atoms with E-state index in [0.717, 1.165) is 28.9 Å². The van der Waals surface area contributed by atoms with E-state index in [1.807, 2.05) is 24.3 Å². The highest BCUT2D eigenvalue weighted by atomic mass is 32.1. The van der Waals surface area contributed by atoms with Crippen LogP contribution in [0.4, 0.5) is 0 Å². The van der Waals surface area contributed by atoms with E-state index in [-0.39, 0.29) is 6.61 Å². The number of aryl methyl sites for hydroxylation is 3. The molecule has 0 fully saturated rings. The molecule has 0 aliphatic heterocycles. The molecule has 0 atom stereocenters. The monoisotopic (exact) mass is 377 g/mol. The number of hydrogen-bond acceptors (Lipinski definition) is 6. The van der Waals surface area contributed by atoms with Crippen LogP contribution in [-0.4, -0.2) is 25.8 Å². The molecule has 6 nitrogen and oxygen atoms in total. The Kier molecular flexibility index (Phi) is 4.09. The molecule has 0 radical (unpaired) electrons. The second kappa shape index (κ2) is 6.74. The van der Waals surface area contributed by atoms with Gasteiger partial charge in [-0.15, -0.1) is 16.4 Å². The van der Waals surface area contributed by atoms with Gasteiger partial charge in [0.2, 0.25) is 0 Å². The zero-order chi connectivity index (χ0) is 18.2. The number of thiophene rings is 1. The molecule has 0 saturated heterocycles. The van der Waals surface area contributed by atoms with E-state index in [0.29, 0.717) is 5.82 Å². The number of hydrogen-bond donors (Lipinski definition) is 0. The van der Waals surface area contributed by atoms with Crippen LogP contribution in [0.5, 0.6) is 0 Å². The Bertz CT molecular complexity index is 1140. The minimum absolute atomic E-state index is 0.234. The number of rotatable bonds is 4. The highest BCUT2D eigenvalue weighted by molar-refractivity contribution is 7.19. The molecule has 1 aromatic carbocycles. The van der Waals surface area contributed by atoms with Crippen LogP contribution in [0.2, 0.25) is 0 Å². The van der Waals surface area contributed by atoms with Gasteiger partial charge in [0.15, 0.2) is 18.1 Å². The number of aromatic nitrogens is 4. The lowest BCUT2D eigenvalue weighted by Crippen LogP contribution is -1.99. The number of oxime groups is 1. The molecule has 0 amide bonds. The van der Waals surface area contributed by atoms with Gasteiger partial charge >= 0.3 is 0 Å². The van der Waals surface area contributed by atoms with Gasteiger partial charge in [-0.25, -0.2) is 14.5 Å². The number of nitrogens with zero attached hydrogens (tertiary/aromatic N) is 5. The Morgan fingerprint density at radius 2 is 2.07 bits per heavy atom. The van der Waals surface area contributed by atoms with Crippen LogP contribution in [0.25, 0.3) is 15.9 Å². The molecular weight excluding hydrogens is 358 g/mol. The lowest BCUT2D eigenvalue weighted by Gasteiger charge is -2.09. The minimum Gasteiger partial charge on any atom is -0.387 e. The quantitative estimate of drug-likeness (QED) is 0.397. The SMILES string of the molecule is Cc1ccc(/C=N/OCc2nc3c4c5c(sc4ncn3n2)CCCC5)cc1. The third-order valence-electron chi connectivity index (χ3n) is 4.88. The average Bonchev–Trinajstić information content (AvgIpc) is 3.27. The molecular formula is C20H19N5OS. The molecule has 1 aliphatic carbocycles. The Labute approximate surface area is 160 Å². The van der Waals surface area contributed by atoms with Gasteiger partial charge in [0.25, 0.3) is 0 Å². The summed E-state index contributed by atoms with van der Waals surface area (Å²) in [5.74, 6) is 0.612. The van der Waals surface area contributed by atoms with E-state index in [4.69, 9.17) is 9.82 Å². The van der Waals surface area contributed by atoms with Gasteiger partial charge in [-0.2, -0.15) is 0 Å². The standard InChI is InChI=1S/C20H19N5OS/c1-13-6-8-14(9-7-13)10-22-26-11-17-23-19-18-15-4-2-3-5-16(15)27-20(18)21-12-25(19)24-17/h6-10,12H,2-5,11H2,1H3/b22-10+. The predicted octanol–water partition coefficient (Wildman–Crippen LogP) is 4.08. The van der Waals surface area contributed by atoms with Crippen molar-refractivity contribution in [2.45, 2.75) is 39.2 Å². The van der Waals surface area contributed by atoms with Gasteiger partial charge < -0.3 is 4.84 Å². The van der Waals surface area contributed by atoms with Crippen molar-refractivity contribution in [3.05, 3.63) is 58.0 Å². The van der Waals surface area contributed by atoms with E-state index >= 15 is 0 Å². The highest BCUT2D eigenvalue weighted by Gasteiger charge is 2.20. The molecule has 0 bridgehead atoms. The third-order valence-corrected chi connectivity index (χ3v) is 6.08. The summed E-state index contributed by atoms with van der Waals surface area (Å²) in [7, 11) is 0. The van der Waals surface area contributed by atoms with E-state index < -0.39 is 0 Å². The molecule has 0 unspecified atom stereocenters. The molecule has 0 N–H and O–H groups in total. The van der Waals surface area contributed by atoms with Gasteiger partial charge in [0, 0.05) is 4.88 Å². The van der Waals surface area contributed by atoms with Crippen molar-refractivity contribution >= 4 is 33.4 Å². The van der Waals surface area contributed by atoms with Crippen LogP contribution < -0.4 is 0 Å². The maximum atomic E-state index is 5.40. The first-order valence-electron chi connectivity index (χ1n) is 9.14. The molecule has 0 saturated carbocycles. The highest BCUT2D eigenvalue weighted by Crippen LogP contribution is 2.36. The third kappa shape index (κ3) is 3.08. The summed E-state index contributed by atoms with van der Waals surface area (Å²) in [5.41, 5.74) is 4.51. The molecule has 4 aromatic rings. The Morgan fingerprint density at radius 1 is 1.22 bits per heavy atom. The summed E-state index contributed by atoms with van der Waals surface area (Å²) in [6.45, 7) is 2.29. The fourth-order valence-electron chi connectivity index (χ4n) is 3.51. The second-order valence-corrected chi connectivity index (χ2v) is 7.93. The second-order valence-electron chi connectivity index (χ2n) is 6.85. The van der Waals surface area contributed by atoms with Crippen molar-refractivity contribution in [3.63, 3.8) is 0 Å². The van der Waals surface area contributed by atoms with Crippen LogP contribution in [-0.2, 0) is 24.3 Å². The molecule has 136 valence electrons. The van der Waals surface area contributed by atoms with Crippen LogP contribution in [0.3, 0.4) is 0 Å². The summed E-state index contributed by atoms with van der Waals surface area (Å²) in [6.07, 6.45) is 8.20. The number of benzene rings is 1. The van der Waals surface area contributed by atoms with Gasteiger partial charge in [0.1, 0.15) is 11.2 Å². The van der Waals surface area contributed by atoms with Crippen molar-refractivity contribution in [2.75, 3.05) is 0 Å². The topological polar surface area (TPSA) is 64.7 Å². The maximum absolute atomic E-state index is 5.40. The van der Waals surface area contributed by atoms with E-state index in [9.17, 15) is 0 Å². The van der Waals surface area contributed by atoms with Gasteiger partial charge in [0.05, 0.1) is 11.6 Å². The van der Waals surface area contributed by atoms with Gasteiger partial charge in [-0.1, -0.05) is 35.0 Å². The van der Waals surface area contributed by atoms with Crippen LogP contribution >= 0.6 is 11.3 Å². The molecule has 7 heteroatoms. The zero-order valence-corrected chi connectivity index (χ0v) is 15.9. The summed E-state index contributed by atoms with van der Waals surface area (Å²) in [5, 5.41) is 9.69. The smallest absolute Gasteiger partial charge is 0.192 e. The molecule has 5 rings (SSSR count). The molecule has 3 aromatic heterocycles. The van der Waals surface area contributed by atoms with Crippen molar-refractivity contribution in [2.24, 2.45) is 5.16 Å². The van der Waals surface area contributed by atoms with Crippen molar-refractivity contribution in [1.82, 2.24) is 19.6 Å². The van der Waals surface area contributed by atoms with Gasteiger partial charge in [-0.3, -0.25) is 0 Å². The number of fused-ring (bicyclic) bond motifs is 5. The summed E-state index contributed by atoms with van der Waals surface area (Å²) in [4.78, 5) is 17.2. The van der Waals surface area contributed by atoms with Crippen molar-refractivity contribution < 1.29 is 4.84 Å². The fourth-order valence-corrected chi connectivity index (χ4v) is 4.73. The first kappa shape index (κ1) is 16.4. The Morgan fingerprint density at radius 3 is 2.96 bits per heavy atom. The Balaban J connectivity index is 1.39. The Hall–Kier alpha value is -2.80. The summed E-state index contributed by atoms with van der Waals surface area (Å²) >= 11 is 1.80. The lowest BCUT2D eigenvalue weighted by molar-refractivity contribution is 0.126. The minimum atomic E-state index is 0.234. The largest absolute Gasteiger partial charge is 0.387 e. The van der Waals surface area contributed by atoms with Crippen LogP contribution in [0.15, 0.2) is 35.7 Å². The molecule has 3 heterocycles. The first-order valence-corrected chi connectivity index (χ1v) is 9.96.